The monoisotopic (exact) mass is 272 g/mol. The van der Waals surface area contributed by atoms with Crippen molar-refractivity contribution in [1.82, 2.24) is 10.2 Å². The van der Waals surface area contributed by atoms with E-state index in [1.54, 1.807) is 0 Å². The van der Waals surface area contributed by atoms with E-state index in [0.717, 1.165) is 13.1 Å². The van der Waals surface area contributed by atoms with E-state index in [-0.39, 0.29) is 30.8 Å². The molecule has 2 aliphatic rings. The molecule has 2 heterocycles. The van der Waals surface area contributed by atoms with Gasteiger partial charge in [-0.25, -0.2) is 0 Å². The second kappa shape index (κ2) is 6.83. The maximum atomic E-state index is 11.7. The number of morpholine rings is 1. The van der Waals surface area contributed by atoms with E-state index < -0.39 is 5.97 Å². The molecule has 0 aliphatic carbocycles. The quantitative estimate of drug-likeness (QED) is 0.672. The first-order chi connectivity index (χ1) is 9.16. The first-order valence-corrected chi connectivity index (χ1v) is 6.57. The van der Waals surface area contributed by atoms with Crippen molar-refractivity contribution < 1.29 is 24.2 Å². The van der Waals surface area contributed by atoms with Crippen LogP contribution >= 0.6 is 0 Å². The molecule has 2 atom stereocenters. The summed E-state index contributed by atoms with van der Waals surface area (Å²) in [6, 6.07) is 0.108. The summed E-state index contributed by atoms with van der Waals surface area (Å²) in [6.07, 6.45) is -0.122. The zero-order valence-electron chi connectivity index (χ0n) is 10.8. The lowest BCUT2D eigenvalue weighted by Crippen LogP contribution is -2.54. The third-order valence-electron chi connectivity index (χ3n) is 3.48. The lowest BCUT2D eigenvalue weighted by Gasteiger charge is -2.34. The third-order valence-corrected chi connectivity index (χ3v) is 3.48. The van der Waals surface area contributed by atoms with Crippen LogP contribution in [0.4, 0.5) is 0 Å². The lowest BCUT2D eigenvalue weighted by molar-refractivity contribution is -0.139. The van der Waals surface area contributed by atoms with Crippen molar-refractivity contribution in [3.05, 3.63) is 0 Å². The summed E-state index contributed by atoms with van der Waals surface area (Å²) in [5.74, 6) is -1.18. The van der Waals surface area contributed by atoms with Crippen molar-refractivity contribution in [3.8, 4) is 0 Å². The summed E-state index contributed by atoms with van der Waals surface area (Å²) < 4.78 is 10.7. The number of carboxylic acids is 1. The van der Waals surface area contributed by atoms with Gasteiger partial charge in [-0.3, -0.25) is 14.5 Å². The zero-order chi connectivity index (χ0) is 13.7. The number of amides is 1. The number of nitrogens with one attached hydrogen (secondary N) is 1. The van der Waals surface area contributed by atoms with Gasteiger partial charge in [0, 0.05) is 19.5 Å². The summed E-state index contributed by atoms with van der Waals surface area (Å²) in [5, 5.41) is 11.4. The molecule has 7 heteroatoms. The topological polar surface area (TPSA) is 88.1 Å². The minimum Gasteiger partial charge on any atom is -0.481 e. The van der Waals surface area contributed by atoms with E-state index in [2.05, 4.69) is 10.2 Å². The van der Waals surface area contributed by atoms with E-state index in [1.165, 1.54) is 0 Å². The van der Waals surface area contributed by atoms with E-state index >= 15 is 0 Å². The number of rotatable bonds is 5. The van der Waals surface area contributed by atoms with Crippen LogP contribution in [0.25, 0.3) is 0 Å². The fourth-order valence-electron chi connectivity index (χ4n) is 2.45. The molecule has 2 fully saturated rings. The fourth-order valence-corrected chi connectivity index (χ4v) is 2.45. The predicted octanol–water partition coefficient (Wildman–Crippen LogP) is -0.933. The minimum absolute atomic E-state index is 0.0155. The van der Waals surface area contributed by atoms with Crippen LogP contribution in [0.1, 0.15) is 12.8 Å². The van der Waals surface area contributed by atoms with Crippen molar-refractivity contribution >= 4 is 11.9 Å². The molecule has 2 rings (SSSR count). The normalized spacial score (nSPS) is 28.2. The Morgan fingerprint density at radius 1 is 1.16 bits per heavy atom. The Hall–Kier alpha value is -1.18. The molecule has 0 saturated carbocycles. The summed E-state index contributed by atoms with van der Waals surface area (Å²) in [4.78, 5) is 24.3. The number of carboxylic acid groups (broad SMARTS) is 1. The van der Waals surface area contributed by atoms with Gasteiger partial charge in [-0.2, -0.15) is 0 Å². The Morgan fingerprint density at radius 2 is 1.89 bits per heavy atom. The Bertz CT molecular complexity index is 330. The molecule has 2 saturated heterocycles. The Kier molecular flexibility index (Phi) is 5.12. The number of nitrogens with zero attached hydrogens (tertiary/aromatic N) is 1. The molecule has 0 unspecified atom stereocenters. The van der Waals surface area contributed by atoms with E-state index in [4.69, 9.17) is 14.6 Å². The van der Waals surface area contributed by atoms with Crippen molar-refractivity contribution in [3.63, 3.8) is 0 Å². The maximum absolute atomic E-state index is 11.7. The highest BCUT2D eigenvalue weighted by Gasteiger charge is 2.34. The van der Waals surface area contributed by atoms with E-state index in [0.29, 0.717) is 26.4 Å². The van der Waals surface area contributed by atoms with Crippen LogP contribution in [0, 0.1) is 0 Å². The van der Waals surface area contributed by atoms with Crippen LogP contribution < -0.4 is 5.32 Å². The summed E-state index contributed by atoms with van der Waals surface area (Å²) in [5.41, 5.74) is 0. The molecule has 0 aromatic carbocycles. The van der Waals surface area contributed by atoms with Crippen LogP contribution in [0.5, 0.6) is 0 Å². The molecule has 0 aromatic heterocycles. The highest BCUT2D eigenvalue weighted by molar-refractivity contribution is 5.80. The van der Waals surface area contributed by atoms with Crippen molar-refractivity contribution in [1.29, 1.82) is 0 Å². The van der Waals surface area contributed by atoms with Crippen LogP contribution in [-0.2, 0) is 19.1 Å². The van der Waals surface area contributed by atoms with Gasteiger partial charge in [0.15, 0.2) is 0 Å². The molecule has 2 N–H and O–H groups in total. The number of ether oxygens (including phenoxy) is 2. The van der Waals surface area contributed by atoms with Gasteiger partial charge >= 0.3 is 5.97 Å². The number of hydrogen-bond acceptors (Lipinski definition) is 5. The molecule has 7 nitrogen and oxygen atoms in total. The summed E-state index contributed by atoms with van der Waals surface area (Å²) in [6.45, 7) is 4.18. The minimum atomic E-state index is -0.956. The third kappa shape index (κ3) is 4.15. The summed E-state index contributed by atoms with van der Waals surface area (Å²) >= 11 is 0. The van der Waals surface area contributed by atoms with Crippen LogP contribution in [0.3, 0.4) is 0 Å². The van der Waals surface area contributed by atoms with Crippen molar-refractivity contribution in [2.75, 3.05) is 39.5 Å². The molecule has 0 radical (unpaired) electrons. The fraction of sp³-hybridized carbons (Fsp3) is 0.833. The molecule has 0 aromatic rings. The lowest BCUT2D eigenvalue weighted by atomic mass is 10.1. The van der Waals surface area contributed by atoms with Gasteiger partial charge in [0.05, 0.1) is 44.9 Å². The van der Waals surface area contributed by atoms with Crippen LogP contribution in [-0.4, -0.2) is 73.5 Å². The van der Waals surface area contributed by atoms with Crippen molar-refractivity contribution in [2.45, 2.75) is 24.9 Å². The second-order valence-corrected chi connectivity index (χ2v) is 4.82. The predicted molar refractivity (Wildman–Crippen MR) is 65.8 cm³/mol. The standard InChI is InChI=1S/C12H20N2O5/c15-11(1-2-12(16)17)13-9-7-19-8-10(9)14-3-5-18-6-4-14/h9-10H,1-8H2,(H,13,15)(H,16,17)/t9-,10-/m0/s1. The highest BCUT2D eigenvalue weighted by Crippen LogP contribution is 2.15. The molecule has 108 valence electrons. The molecule has 19 heavy (non-hydrogen) atoms. The number of carbonyl (C=O) groups is 2. The van der Waals surface area contributed by atoms with Gasteiger partial charge < -0.3 is 19.9 Å². The first-order valence-electron chi connectivity index (χ1n) is 6.57. The second-order valence-electron chi connectivity index (χ2n) is 4.82. The average molecular weight is 272 g/mol. The molecular weight excluding hydrogens is 252 g/mol. The van der Waals surface area contributed by atoms with Crippen molar-refractivity contribution in [2.24, 2.45) is 0 Å². The van der Waals surface area contributed by atoms with E-state index in [1.807, 2.05) is 0 Å². The van der Waals surface area contributed by atoms with Gasteiger partial charge in [-0.05, 0) is 0 Å². The Labute approximate surface area is 111 Å². The Morgan fingerprint density at radius 3 is 2.58 bits per heavy atom. The number of aliphatic carboxylic acids is 1. The smallest absolute Gasteiger partial charge is 0.303 e. The van der Waals surface area contributed by atoms with Gasteiger partial charge in [-0.1, -0.05) is 0 Å². The van der Waals surface area contributed by atoms with Gasteiger partial charge in [0.2, 0.25) is 5.91 Å². The van der Waals surface area contributed by atoms with Gasteiger partial charge in [0.1, 0.15) is 0 Å². The molecule has 0 spiro atoms. The number of hydrogen-bond donors (Lipinski definition) is 2. The highest BCUT2D eigenvalue weighted by atomic mass is 16.5. The summed E-state index contributed by atoms with van der Waals surface area (Å²) in [7, 11) is 0. The molecule has 2 aliphatic heterocycles. The zero-order valence-corrected chi connectivity index (χ0v) is 10.8. The largest absolute Gasteiger partial charge is 0.481 e. The Balaban J connectivity index is 1.81. The first kappa shape index (κ1) is 14.2. The van der Waals surface area contributed by atoms with Crippen LogP contribution in [0.2, 0.25) is 0 Å². The molecule has 1 amide bonds. The number of carbonyl (C=O) groups excluding carboxylic acids is 1. The van der Waals surface area contributed by atoms with Gasteiger partial charge in [0.25, 0.3) is 0 Å². The maximum Gasteiger partial charge on any atom is 0.303 e. The molecular formula is C12H20N2O5. The average Bonchev–Trinajstić information content (AvgIpc) is 2.85. The van der Waals surface area contributed by atoms with Gasteiger partial charge in [-0.15, -0.1) is 0 Å². The van der Waals surface area contributed by atoms with E-state index in [9.17, 15) is 9.59 Å². The van der Waals surface area contributed by atoms with Crippen LogP contribution in [0.15, 0.2) is 0 Å². The SMILES string of the molecule is O=C(O)CCC(=O)N[C@H]1COC[C@@H]1N1CCOCC1. The molecule has 0 bridgehead atoms.